The molecule has 0 bridgehead atoms. The molecule has 2 aliphatic heterocycles. The SMILES string of the molecule is CC(=O)N[C@H]1[C@H](Oc2ccccc2C)O[C@H]2COC(C)(C)O[C@@H]2[C@H]1O. The number of fused-ring (bicyclic) bond motifs is 1. The molecular weight excluding hydrogens is 326 g/mol. The fraction of sp³-hybridized carbons (Fsp3) is 0.611. The molecule has 2 N–H and O–H groups in total. The molecule has 2 heterocycles. The molecule has 5 atom stereocenters. The Labute approximate surface area is 147 Å². The molecule has 138 valence electrons. The normalized spacial score (nSPS) is 34.0. The van der Waals surface area contributed by atoms with Gasteiger partial charge in [0.15, 0.2) is 5.79 Å². The Morgan fingerprint density at radius 1 is 1.36 bits per heavy atom. The van der Waals surface area contributed by atoms with Gasteiger partial charge in [0.05, 0.1) is 6.61 Å². The number of aliphatic hydroxyl groups excluding tert-OH is 1. The molecule has 3 rings (SSSR count). The van der Waals surface area contributed by atoms with E-state index in [1.54, 1.807) is 13.8 Å². The van der Waals surface area contributed by atoms with Crippen LogP contribution in [0.4, 0.5) is 0 Å². The van der Waals surface area contributed by atoms with Crippen LogP contribution in [0.5, 0.6) is 5.75 Å². The van der Waals surface area contributed by atoms with Gasteiger partial charge >= 0.3 is 0 Å². The molecule has 0 aliphatic carbocycles. The van der Waals surface area contributed by atoms with E-state index in [2.05, 4.69) is 5.32 Å². The van der Waals surface area contributed by atoms with Crippen molar-refractivity contribution < 1.29 is 28.8 Å². The lowest BCUT2D eigenvalue weighted by atomic mass is 9.95. The first-order valence-corrected chi connectivity index (χ1v) is 8.41. The third-order valence-electron chi connectivity index (χ3n) is 4.39. The lowest BCUT2D eigenvalue weighted by Crippen LogP contribution is -2.69. The number of aryl methyl sites for hydroxylation is 1. The summed E-state index contributed by atoms with van der Waals surface area (Å²) in [5.41, 5.74) is 0.932. The number of ether oxygens (including phenoxy) is 4. The van der Waals surface area contributed by atoms with E-state index in [9.17, 15) is 9.90 Å². The van der Waals surface area contributed by atoms with E-state index in [-0.39, 0.29) is 12.5 Å². The van der Waals surface area contributed by atoms with E-state index >= 15 is 0 Å². The third kappa shape index (κ3) is 3.95. The van der Waals surface area contributed by atoms with Gasteiger partial charge in [-0.1, -0.05) is 18.2 Å². The Morgan fingerprint density at radius 3 is 2.76 bits per heavy atom. The van der Waals surface area contributed by atoms with Gasteiger partial charge in [-0.15, -0.1) is 0 Å². The van der Waals surface area contributed by atoms with Gasteiger partial charge < -0.3 is 29.4 Å². The van der Waals surface area contributed by atoms with Crippen molar-refractivity contribution >= 4 is 5.91 Å². The zero-order valence-corrected chi connectivity index (χ0v) is 14.9. The van der Waals surface area contributed by atoms with Gasteiger partial charge in [0.2, 0.25) is 12.2 Å². The first-order chi connectivity index (χ1) is 11.8. The molecule has 7 nitrogen and oxygen atoms in total. The standard InChI is InChI=1S/C18H25NO6/c1-10-7-5-6-8-12(10)23-17-14(19-11(2)20)15(21)16-13(24-17)9-22-18(3,4)25-16/h5-8,13-17,21H,9H2,1-4H3,(H,19,20)/t13-,14+,15-,16-,17+/m0/s1. The number of hydrogen-bond donors (Lipinski definition) is 2. The van der Waals surface area contributed by atoms with Crippen molar-refractivity contribution in [1.29, 1.82) is 0 Å². The van der Waals surface area contributed by atoms with Gasteiger partial charge in [-0.05, 0) is 32.4 Å². The number of aliphatic hydroxyl groups is 1. The molecule has 0 radical (unpaired) electrons. The molecule has 0 spiro atoms. The van der Waals surface area contributed by atoms with Crippen LogP contribution in [0.25, 0.3) is 0 Å². The summed E-state index contributed by atoms with van der Waals surface area (Å²) in [5.74, 6) is -0.474. The molecule has 2 fully saturated rings. The van der Waals surface area contributed by atoms with E-state index in [0.717, 1.165) is 5.56 Å². The summed E-state index contributed by atoms with van der Waals surface area (Å²) in [6, 6.07) is 6.74. The van der Waals surface area contributed by atoms with E-state index in [1.807, 2.05) is 31.2 Å². The molecule has 2 saturated heterocycles. The summed E-state index contributed by atoms with van der Waals surface area (Å²) < 4.78 is 23.4. The van der Waals surface area contributed by atoms with Crippen molar-refractivity contribution in [3.8, 4) is 5.75 Å². The van der Waals surface area contributed by atoms with E-state index in [1.165, 1.54) is 6.92 Å². The molecule has 1 aromatic rings. The van der Waals surface area contributed by atoms with E-state index in [4.69, 9.17) is 18.9 Å². The number of carbonyl (C=O) groups excluding carboxylic acids is 1. The molecular formula is C18H25NO6. The van der Waals surface area contributed by atoms with Crippen molar-refractivity contribution in [3.63, 3.8) is 0 Å². The number of para-hydroxylation sites is 1. The predicted molar refractivity (Wildman–Crippen MR) is 89.0 cm³/mol. The fourth-order valence-corrected chi connectivity index (χ4v) is 3.15. The van der Waals surface area contributed by atoms with Crippen LogP contribution in [-0.2, 0) is 19.0 Å². The molecule has 7 heteroatoms. The Bertz CT molecular complexity index is 634. The lowest BCUT2D eigenvalue weighted by Gasteiger charge is -2.49. The average molecular weight is 351 g/mol. The highest BCUT2D eigenvalue weighted by molar-refractivity contribution is 5.73. The molecule has 0 aromatic heterocycles. The van der Waals surface area contributed by atoms with Crippen molar-refractivity contribution in [2.45, 2.75) is 64.1 Å². The number of nitrogens with one attached hydrogen (secondary N) is 1. The zero-order chi connectivity index (χ0) is 18.2. The largest absolute Gasteiger partial charge is 0.462 e. The first-order valence-electron chi connectivity index (χ1n) is 8.41. The predicted octanol–water partition coefficient (Wildman–Crippen LogP) is 1.12. The van der Waals surface area contributed by atoms with Crippen molar-refractivity contribution in [2.24, 2.45) is 0 Å². The second-order valence-electron chi connectivity index (χ2n) is 6.94. The Morgan fingerprint density at radius 2 is 2.08 bits per heavy atom. The van der Waals surface area contributed by atoms with Crippen LogP contribution in [0, 0.1) is 6.92 Å². The summed E-state index contributed by atoms with van der Waals surface area (Å²) >= 11 is 0. The maximum absolute atomic E-state index is 11.6. The van der Waals surface area contributed by atoms with Crippen LogP contribution in [-0.4, -0.2) is 54.1 Å². The van der Waals surface area contributed by atoms with E-state index in [0.29, 0.717) is 5.75 Å². The van der Waals surface area contributed by atoms with Crippen molar-refractivity contribution in [1.82, 2.24) is 5.32 Å². The van der Waals surface area contributed by atoms with Crippen LogP contribution in [0.1, 0.15) is 26.3 Å². The number of benzene rings is 1. The maximum atomic E-state index is 11.6. The molecule has 1 aromatic carbocycles. The highest BCUT2D eigenvalue weighted by Crippen LogP contribution is 2.33. The quantitative estimate of drug-likeness (QED) is 0.849. The van der Waals surface area contributed by atoms with Gasteiger partial charge in [-0.25, -0.2) is 0 Å². The van der Waals surface area contributed by atoms with Gasteiger partial charge in [0.1, 0.15) is 30.1 Å². The smallest absolute Gasteiger partial charge is 0.223 e. The monoisotopic (exact) mass is 351 g/mol. The van der Waals surface area contributed by atoms with Gasteiger partial charge in [0, 0.05) is 6.92 Å². The average Bonchev–Trinajstić information content (AvgIpc) is 2.53. The minimum absolute atomic E-state index is 0.273. The Balaban J connectivity index is 1.83. The second-order valence-corrected chi connectivity index (χ2v) is 6.94. The summed E-state index contributed by atoms with van der Waals surface area (Å²) in [7, 11) is 0. The molecule has 0 saturated carbocycles. The van der Waals surface area contributed by atoms with Gasteiger partial charge in [0.25, 0.3) is 0 Å². The summed E-state index contributed by atoms with van der Waals surface area (Å²) in [6.45, 7) is 7.13. The lowest BCUT2D eigenvalue weighted by molar-refractivity contribution is -0.361. The topological polar surface area (TPSA) is 86.3 Å². The third-order valence-corrected chi connectivity index (χ3v) is 4.39. The van der Waals surface area contributed by atoms with Crippen LogP contribution in [0.15, 0.2) is 24.3 Å². The van der Waals surface area contributed by atoms with Gasteiger partial charge in [-0.2, -0.15) is 0 Å². The number of carbonyl (C=O) groups is 1. The fourth-order valence-electron chi connectivity index (χ4n) is 3.15. The van der Waals surface area contributed by atoms with Crippen LogP contribution < -0.4 is 10.1 Å². The summed E-state index contributed by atoms with van der Waals surface area (Å²) in [5, 5.41) is 13.5. The zero-order valence-electron chi connectivity index (χ0n) is 14.9. The summed E-state index contributed by atoms with van der Waals surface area (Å²) in [6.07, 6.45) is -2.94. The highest BCUT2D eigenvalue weighted by atomic mass is 16.8. The number of amides is 1. The van der Waals surface area contributed by atoms with E-state index < -0.39 is 36.4 Å². The number of hydrogen-bond acceptors (Lipinski definition) is 6. The molecule has 2 aliphatic rings. The second kappa shape index (κ2) is 6.92. The summed E-state index contributed by atoms with van der Waals surface area (Å²) in [4.78, 5) is 11.6. The van der Waals surface area contributed by atoms with Gasteiger partial charge in [-0.3, -0.25) is 4.79 Å². The number of rotatable bonds is 3. The minimum atomic E-state index is -0.986. The van der Waals surface area contributed by atoms with Crippen LogP contribution in [0.2, 0.25) is 0 Å². The van der Waals surface area contributed by atoms with Crippen LogP contribution >= 0.6 is 0 Å². The van der Waals surface area contributed by atoms with Crippen molar-refractivity contribution in [2.75, 3.05) is 6.61 Å². The molecule has 25 heavy (non-hydrogen) atoms. The van der Waals surface area contributed by atoms with Crippen LogP contribution in [0.3, 0.4) is 0 Å². The Kier molecular flexibility index (Phi) is 5.02. The minimum Gasteiger partial charge on any atom is -0.462 e. The van der Waals surface area contributed by atoms with Crippen molar-refractivity contribution in [3.05, 3.63) is 29.8 Å². The highest BCUT2D eigenvalue weighted by Gasteiger charge is 2.52. The first kappa shape index (κ1) is 18.1. The Hall–Kier alpha value is -1.67. The molecule has 1 amide bonds. The molecule has 0 unspecified atom stereocenters. The maximum Gasteiger partial charge on any atom is 0.223 e.